The minimum Gasteiger partial charge on any atom is -0.497 e. The number of nitriles is 1. The van der Waals surface area contributed by atoms with Crippen LogP contribution in [0, 0.1) is 17.2 Å². The van der Waals surface area contributed by atoms with Crippen molar-refractivity contribution in [3.05, 3.63) is 24.3 Å². The molecule has 0 saturated heterocycles. The number of anilines is 1. The average molecular weight is 216 g/mol. The van der Waals surface area contributed by atoms with E-state index in [4.69, 9.17) is 4.74 Å². The minimum atomic E-state index is -0.353. The van der Waals surface area contributed by atoms with Gasteiger partial charge in [-0.25, -0.2) is 0 Å². The number of nitrogens with zero attached hydrogens (tertiary/aromatic N) is 1. The lowest BCUT2D eigenvalue weighted by atomic mass is 9.70. The largest absolute Gasteiger partial charge is 0.497 e. The zero-order chi connectivity index (χ0) is 11.6. The molecule has 0 spiro atoms. The van der Waals surface area contributed by atoms with Gasteiger partial charge >= 0.3 is 0 Å². The molecule has 0 radical (unpaired) electrons. The monoisotopic (exact) mass is 216 g/mol. The van der Waals surface area contributed by atoms with E-state index in [1.807, 2.05) is 24.3 Å². The Bertz CT molecular complexity index is 399. The van der Waals surface area contributed by atoms with E-state index in [0.717, 1.165) is 24.3 Å². The van der Waals surface area contributed by atoms with Crippen molar-refractivity contribution in [3.63, 3.8) is 0 Å². The van der Waals surface area contributed by atoms with E-state index >= 15 is 0 Å². The molecule has 16 heavy (non-hydrogen) atoms. The Morgan fingerprint density at radius 2 is 2.00 bits per heavy atom. The molecule has 1 aliphatic carbocycles. The van der Waals surface area contributed by atoms with Crippen molar-refractivity contribution < 1.29 is 4.74 Å². The Balaban J connectivity index is 2.06. The predicted octanol–water partition coefficient (Wildman–Crippen LogP) is 2.80. The van der Waals surface area contributed by atoms with Gasteiger partial charge in [0.05, 0.1) is 13.2 Å². The molecular formula is C13H16N2O. The number of hydrogen-bond donors (Lipinski definition) is 1. The van der Waals surface area contributed by atoms with E-state index in [2.05, 4.69) is 18.3 Å². The van der Waals surface area contributed by atoms with Crippen LogP contribution >= 0.6 is 0 Å². The Hall–Kier alpha value is -1.69. The maximum atomic E-state index is 9.18. The maximum Gasteiger partial charge on any atom is 0.125 e. The molecule has 0 atom stereocenters. The summed E-state index contributed by atoms with van der Waals surface area (Å²) in [5.74, 6) is 1.48. The molecule has 1 aromatic rings. The van der Waals surface area contributed by atoms with Gasteiger partial charge in [-0.2, -0.15) is 5.26 Å². The lowest BCUT2D eigenvalue weighted by molar-refractivity contribution is 0.244. The van der Waals surface area contributed by atoms with Gasteiger partial charge in [0.25, 0.3) is 0 Å². The summed E-state index contributed by atoms with van der Waals surface area (Å²) in [6.45, 7) is 2.17. The normalized spacial score (nSPS) is 27.7. The SMILES string of the molecule is COc1ccc(NC2(C#N)CC(C)C2)cc1. The molecule has 0 bridgehead atoms. The summed E-state index contributed by atoms with van der Waals surface area (Å²) in [5.41, 5.74) is 0.628. The number of nitrogens with one attached hydrogen (secondary N) is 1. The molecule has 1 fully saturated rings. The van der Waals surface area contributed by atoms with Crippen molar-refractivity contribution >= 4 is 5.69 Å². The summed E-state index contributed by atoms with van der Waals surface area (Å²) in [6, 6.07) is 10.1. The van der Waals surface area contributed by atoms with Crippen LogP contribution in [0.4, 0.5) is 5.69 Å². The maximum absolute atomic E-state index is 9.18. The van der Waals surface area contributed by atoms with E-state index < -0.39 is 0 Å². The molecule has 1 aromatic carbocycles. The zero-order valence-corrected chi connectivity index (χ0v) is 9.66. The number of methoxy groups -OCH3 is 1. The molecule has 0 heterocycles. The lowest BCUT2D eigenvalue weighted by Crippen LogP contribution is -2.48. The van der Waals surface area contributed by atoms with Crippen LogP contribution in [0.5, 0.6) is 5.75 Å². The van der Waals surface area contributed by atoms with Crippen LogP contribution < -0.4 is 10.1 Å². The molecular weight excluding hydrogens is 200 g/mol. The van der Waals surface area contributed by atoms with Crippen LogP contribution in [0.25, 0.3) is 0 Å². The van der Waals surface area contributed by atoms with Gasteiger partial charge in [0.15, 0.2) is 0 Å². The van der Waals surface area contributed by atoms with Gasteiger partial charge in [-0.05, 0) is 43.0 Å². The Labute approximate surface area is 96.0 Å². The van der Waals surface area contributed by atoms with E-state index in [9.17, 15) is 5.26 Å². The van der Waals surface area contributed by atoms with Crippen molar-refractivity contribution in [1.29, 1.82) is 5.26 Å². The molecule has 1 saturated carbocycles. The Morgan fingerprint density at radius 1 is 1.38 bits per heavy atom. The quantitative estimate of drug-likeness (QED) is 0.845. The molecule has 3 heteroatoms. The number of ether oxygens (including phenoxy) is 1. The summed E-state index contributed by atoms with van der Waals surface area (Å²) in [5, 5.41) is 12.5. The minimum absolute atomic E-state index is 0.353. The second-order valence-electron chi connectivity index (χ2n) is 4.56. The molecule has 2 rings (SSSR count). The van der Waals surface area contributed by atoms with Gasteiger partial charge in [-0.15, -0.1) is 0 Å². The van der Waals surface area contributed by atoms with Gasteiger partial charge in [-0.3, -0.25) is 0 Å². The topological polar surface area (TPSA) is 45.0 Å². The van der Waals surface area contributed by atoms with Crippen molar-refractivity contribution in [2.45, 2.75) is 25.3 Å². The fourth-order valence-corrected chi connectivity index (χ4v) is 2.30. The molecule has 84 valence electrons. The highest BCUT2D eigenvalue weighted by atomic mass is 16.5. The van der Waals surface area contributed by atoms with E-state index in [-0.39, 0.29) is 5.54 Å². The highest BCUT2D eigenvalue weighted by Gasteiger charge is 2.42. The molecule has 0 aromatic heterocycles. The van der Waals surface area contributed by atoms with Gasteiger partial charge in [0.2, 0.25) is 0 Å². The predicted molar refractivity (Wildman–Crippen MR) is 63.4 cm³/mol. The van der Waals surface area contributed by atoms with E-state index in [0.29, 0.717) is 5.92 Å². The summed E-state index contributed by atoms with van der Waals surface area (Å²) in [4.78, 5) is 0. The first-order valence-corrected chi connectivity index (χ1v) is 5.51. The first-order chi connectivity index (χ1) is 7.67. The van der Waals surface area contributed by atoms with Gasteiger partial charge in [0, 0.05) is 5.69 Å². The van der Waals surface area contributed by atoms with Gasteiger partial charge in [-0.1, -0.05) is 6.92 Å². The third-order valence-electron chi connectivity index (χ3n) is 3.08. The Morgan fingerprint density at radius 3 is 2.44 bits per heavy atom. The Kier molecular flexibility index (Phi) is 2.74. The first kappa shape index (κ1) is 10.8. The second kappa shape index (κ2) is 4.05. The lowest BCUT2D eigenvalue weighted by Gasteiger charge is -2.42. The first-order valence-electron chi connectivity index (χ1n) is 5.51. The van der Waals surface area contributed by atoms with E-state index in [1.165, 1.54) is 0 Å². The van der Waals surface area contributed by atoms with Crippen LogP contribution in [0.3, 0.4) is 0 Å². The standard InChI is InChI=1S/C13H16N2O/c1-10-7-13(8-10,9-14)15-11-3-5-12(16-2)6-4-11/h3-6,10,15H,7-8H2,1-2H3. The third kappa shape index (κ3) is 1.96. The van der Waals surface area contributed by atoms with Crippen LogP contribution in [-0.4, -0.2) is 12.6 Å². The molecule has 0 unspecified atom stereocenters. The van der Waals surface area contributed by atoms with Crippen LogP contribution in [0.15, 0.2) is 24.3 Å². The average Bonchev–Trinajstić information content (AvgIpc) is 2.27. The molecule has 1 N–H and O–H groups in total. The highest BCUT2D eigenvalue weighted by molar-refractivity contribution is 5.51. The van der Waals surface area contributed by atoms with Crippen molar-refractivity contribution in [1.82, 2.24) is 0 Å². The molecule has 3 nitrogen and oxygen atoms in total. The number of benzene rings is 1. The molecule has 0 aliphatic heterocycles. The number of rotatable bonds is 3. The number of hydrogen-bond acceptors (Lipinski definition) is 3. The van der Waals surface area contributed by atoms with Crippen LogP contribution in [-0.2, 0) is 0 Å². The highest BCUT2D eigenvalue weighted by Crippen LogP contribution is 2.39. The zero-order valence-electron chi connectivity index (χ0n) is 9.66. The van der Waals surface area contributed by atoms with Gasteiger partial charge in [0.1, 0.15) is 11.3 Å². The summed E-state index contributed by atoms with van der Waals surface area (Å²) in [6.07, 6.45) is 1.85. The summed E-state index contributed by atoms with van der Waals surface area (Å²) < 4.78 is 5.09. The van der Waals surface area contributed by atoms with E-state index in [1.54, 1.807) is 7.11 Å². The van der Waals surface area contributed by atoms with Crippen molar-refractivity contribution in [3.8, 4) is 11.8 Å². The van der Waals surface area contributed by atoms with Crippen molar-refractivity contribution in [2.75, 3.05) is 12.4 Å². The van der Waals surface area contributed by atoms with Gasteiger partial charge < -0.3 is 10.1 Å². The fraction of sp³-hybridized carbons (Fsp3) is 0.462. The van der Waals surface area contributed by atoms with Crippen molar-refractivity contribution in [2.24, 2.45) is 5.92 Å². The fourth-order valence-electron chi connectivity index (χ4n) is 2.30. The third-order valence-corrected chi connectivity index (χ3v) is 3.08. The smallest absolute Gasteiger partial charge is 0.125 e. The molecule has 1 aliphatic rings. The molecule has 0 amide bonds. The summed E-state index contributed by atoms with van der Waals surface area (Å²) >= 11 is 0. The van der Waals surface area contributed by atoms with Crippen LogP contribution in [0.2, 0.25) is 0 Å². The van der Waals surface area contributed by atoms with Crippen LogP contribution in [0.1, 0.15) is 19.8 Å². The summed E-state index contributed by atoms with van der Waals surface area (Å²) in [7, 11) is 1.65. The second-order valence-corrected chi connectivity index (χ2v) is 4.56.